The van der Waals surface area contributed by atoms with Gasteiger partial charge in [0.1, 0.15) is 0 Å². The Bertz CT molecular complexity index is 208. The summed E-state index contributed by atoms with van der Waals surface area (Å²) in [6.45, 7) is 7.21. The molecule has 1 aliphatic heterocycles. The first-order valence-corrected chi connectivity index (χ1v) is 5.10. The molecule has 0 aromatic rings. The SMILES string of the molecule is CC(C)/C=C/C(=O)N1CCCC1C. The second kappa shape index (κ2) is 4.45. The standard InChI is InChI=1S/C11H19NO/c1-9(2)6-7-11(13)12-8-4-5-10(12)3/h6-7,9-10H,4-5,8H2,1-3H3/b7-6+. The minimum atomic E-state index is 0.179. The maximum Gasteiger partial charge on any atom is 0.246 e. The molecule has 0 N–H and O–H groups in total. The van der Waals surface area contributed by atoms with Crippen LogP contribution in [0.5, 0.6) is 0 Å². The summed E-state index contributed by atoms with van der Waals surface area (Å²) in [6, 6.07) is 0.435. The molecule has 0 aromatic carbocycles. The number of amides is 1. The van der Waals surface area contributed by atoms with Crippen LogP contribution in [0.15, 0.2) is 12.2 Å². The van der Waals surface area contributed by atoms with Gasteiger partial charge in [-0.3, -0.25) is 4.79 Å². The van der Waals surface area contributed by atoms with Gasteiger partial charge in [0.25, 0.3) is 0 Å². The third-order valence-electron chi connectivity index (χ3n) is 2.46. The lowest BCUT2D eigenvalue weighted by molar-refractivity contribution is -0.126. The lowest BCUT2D eigenvalue weighted by Gasteiger charge is -2.19. The zero-order valence-electron chi connectivity index (χ0n) is 8.79. The molecule has 1 heterocycles. The summed E-state index contributed by atoms with van der Waals surface area (Å²) in [7, 11) is 0. The molecule has 1 amide bonds. The Morgan fingerprint density at radius 1 is 1.54 bits per heavy atom. The predicted octanol–water partition coefficient (Wildman–Crippen LogP) is 2.21. The highest BCUT2D eigenvalue weighted by molar-refractivity contribution is 5.88. The second-order valence-corrected chi connectivity index (χ2v) is 4.13. The van der Waals surface area contributed by atoms with Gasteiger partial charge in [-0.15, -0.1) is 0 Å². The Labute approximate surface area is 80.6 Å². The van der Waals surface area contributed by atoms with Gasteiger partial charge >= 0.3 is 0 Å². The molecule has 2 heteroatoms. The molecule has 0 aromatic heterocycles. The van der Waals surface area contributed by atoms with E-state index < -0.39 is 0 Å². The second-order valence-electron chi connectivity index (χ2n) is 4.13. The van der Waals surface area contributed by atoms with Gasteiger partial charge in [-0.2, -0.15) is 0 Å². The molecule has 0 bridgehead atoms. The predicted molar refractivity (Wildman–Crippen MR) is 54.4 cm³/mol. The fraction of sp³-hybridized carbons (Fsp3) is 0.727. The van der Waals surface area contributed by atoms with E-state index in [0.717, 1.165) is 19.4 Å². The average Bonchev–Trinajstić information content (AvgIpc) is 2.47. The topological polar surface area (TPSA) is 20.3 Å². The van der Waals surface area contributed by atoms with Crippen molar-refractivity contribution in [1.29, 1.82) is 0 Å². The summed E-state index contributed by atoms with van der Waals surface area (Å²) in [5.41, 5.74) is 0. The Kier molecular flexibility index (Phi) is 3.52. The van der Waals surface area contributed by atoms with Crippen molar-refractivity contribution >= 4 is 5.91 Å². The van der Waals surface area contributed by atoms with E-state index in [0.29, 0.717) is 12.0 Å². The van der Waals surface area contributed by atoms with Crippen LogP contribution < -0.4 is 0 Å². The zero-order valence-corrected chi connectivity index (χ0v) is 8.79. The van der Waals surface area contributed by atoms with Crippen LogP contribution in [0.2, 0.25) is 0 Å². The fourth-order valence-corrected chi connectivity index (χ4v) is 1.63. The number of hydrogen-bond donors (Lipinski definition) is 0. The molecule has 1 fully saturated rings. The molecule has 2 nitrogen and oxygen atoms in total. The van der Waals surface area contributed by atoms with Crippen molar-refractivity contribution in [2.75, 3.05) is 6.54 Å². The Morgan fingerprint density at radius 2 is 2.23 bits per heavy atom. The number of carbonyl (C=O) groups excluding carboxylic acids is 1. The molecule has 13 heavy (non-hydrogen) atoms. The third kappa shape index (κ3) is 2.87. The molecule has 0 aliphatic carbocycles. The summed E-state index contributed by atoms with van der Waals surface area (Å²) in [6.07, 6.45) is 5.99. The summed E-state index contributed by atoms with van der Waals surface area (Å²) in [5, 5.41) is 0. The minimum Gasteiger partial charge on any atom is -0.336 e. The van der Waals surface area contributed by atoms with Gasteiger partial charge in [0.05, 0.1) is 0 Å². The normalized spacial score (nSPS) is 23.4. The summed E-state index contributed by atoms with van der Waals surface area (Å²) < 4.78 is 0. The van der Waals surface area contributed by atoms with Crippen LogP contribution in [-0.4, -0.2) is 23.4 Å². The zero-order chi connectivity index (χ0) is 9.84. The first-order valence-electron chi connectivity index (χ1n) is 5.10. The van der Waals surface area contributed by atoms with Gasteiger partial charge in [-0.05, 0) is 31.8 Å². The van der Waals surface area contributed by atoms with Gasteiger partial charge < -0.3 is 4.90 Å². The molecule has 0 spiro atoms. The monoisotopic (exact) mass is 181 g/mol. The summed E-state index contributed by atoms with van der Waals surface area (Å²) in [5.74, 6) is 0.639. The van der Waals surface area contributed by atoms with Gasteiger partial charge in [-0.25, -0.2) is 0 Å². The van der Waals surface area contributed by atoms with E-state index in [1.54, 1.807) is 6.08 Å². The Balaban J connectivity index is 2.47. The lowest BCUT2D eigenvalue weighted by Crippen LogP contribution is -2.32. The van der Waals surface area contributed by atoms with E-state index in [1.165, 1.54) is 0 Å². The van der Waals surface area contributed by atoms with Crippen molar-refractivity contribution in [3.8, 4) is 0 Å². The Hall–Kier alpha value is -0.790. The van der Waals surface area contributed by atoms with Crippen LogP contribution in [0.1, 0.15) is 33.6 Å². The highest BCUT2D eigenvalue weighted by Gasteiger charge is 2.22. The Morgan fingerprint density at radius 3 is 2.69 bits per heavy atom. The molecule has 1 atom stereocenters. The fourth-order valence-electron chi connectivity index (χ4n) is 1.63. The van der Waals surface area contributed by atoms with Gasteiger partial charge in [-0.1, -0.05) is 19.9 Å². The quantitative estimate of drug-likeness (QED) is 0.598. The molecule has 1 saturated heterocycles. The molecule has 0 saturated carbocycles. The first kappa shape index (κ1) is 10.3. The van der Waals surface area contributed by atoms with E-state index in [1.807, 2.05) is 11.0 Å². The number of carbonyl (C=O) groups is 1. The van der Waals surface area contributed by atoms with Crippen molar-refractivity contribution in [2.24, 2.45) is 5.92 Å². The van der Waals surface area contributed by atoms with Crippen molar-refractivity contribution in [3.05, 3.63) is 12.2 Å². The van der Waals surface area contributed by atoms with Gasteiger partial charge in [0, 0.05) is 12.6 Å². The van der Waals surface area contributed by atoms with Crippen LogP contribution in [-0.2, 0) is 4.79 Å². The van der Waals surface area contributed by atoms with Crippen molar-refractivity contribution in [2.45, 2.75) is 39.7 Å². The van der Waals surface area contributed by atoms with Crippen molar-refractivity contribution in [1.82, 2.24) is 4.90 Å². The van der Waals surface area contributed by atoms with Crippen LogP contribution in [0.4, 0.5) is 0 Å². The van der Waals surface area contributed by atoms with Gasteiger partial charge in [0.15, 0.2) is 0 Å². The molecular formula is C11H19NO. The molecule has 0 radical (unpaired) electrons. The minimum absolute atomic E-state index is 0.179. The number of allylic oxidation sites excluding steroid dienone is 1. The largest absolute Gasteiger partial charge is 0.336 e. The highest BCUT2D eigenvalue weighted by atomic mass is 16.2. The molecule has 1 rings (SSSR count). The highest BCUT2D eigenvalue weighted by Crippen LogP contribution is 2.16. The number of hydrogen-bond acceptors (Lipinski definition) is 1. The smallest absolute Gasteiger partial charge is 0.246 e. The maximum absolute atomic E-state index is 11.6. The van der Waals surface area contributed by atoms with E-state index in [2.05, 4.69) is 20.8 Å². The number of nitrogens with zero attached hydrogens (tertiary/aromatic N) is 1. The molecular weight excluding hydrogens is 162 g/mol. The first-order chi connectivity index (χ1) is 6.11. The van der Waals surface area contributed by atoms with Crippen LogP contribution in [0.25, 0.3) is 0 Å². The average molecular weight is 181 g/mol. The lowest BCUT2D eigenvalue weighted by atomic mass is 10.2. The third-order valence-corrected chi connectivity index (χ3v) is 2.46. The van der Waals surface area contributed by atoms with Gasteiger partial charge in [0.2, 0.25) is 5.91 Å². The van der Waals surface area contributed by atoms with Crippen LogP contribution in [0, 0.1) is 5.92 Å². The maximum atomic E-state index is 11.6. The molecule has 74 valence electrons. The van der Waals surface area contributed by atoms with Crippen LogP contribution >= 0.6 is 0 Å². The van der Waals surface area contributed by atoms with E-state index >= 15 is 0 Å². The number of likely N-dealkylation sites (tertiary alicyclic amines) is 1. The van der Waals surface area contributed by atoms with E-state index in [9.17, 15) is 4.79 Å². The van der Waals surface area contributed by atoms with E-state index in [4.69, 9.17) is 0 Å². The van der Waals surface area contributed by atoms with Crippen LogP contribution in [0.3, 0.4) is 0 Å². The van der Waals surface area contributed by atoms with Crippen molar-refractivity contribution < 1.29 is 4.79 Å². The molecule has 1 unspecified atom stereocenters. The summed E-state index contributed by atoms with van der Waals surface area (Å²) >= 11 is 0. The van der Waals surface area contributed by atoms with E-state index in [-0.39, 0.29) is 5.91 Å². The number of rotatable bonds is 2. The van der Waals surface area contributed by atoms with Crippen molar-refractivity contribution in [3.63, 3.8) is 0 Å². The summed E-state index contributed by atoms with van der Waals surface area (Å²) in [4.78, 5) is 13.6. The molecule has 1 aliphatic rings.